The summed E-state index contributed by atoms with van der Waals surface area (Å²) in [5, 5.41) is 2.97. The Balaban J connectivity index is 2.02. The van der Waals surface area contributed by atoms with Gasteiger partial charge in [0, 0.05) is 24.3 Å². The first-order valence-corrected chi connectivity index (χ1v) is 7.00. The quantitative estimate of drug-likeness (QED) is 0.860. The zero-order valence-corrected chi connectivity index (χ0v) is 11.7. The van der Waals surface area contributed by atoms with E-state index in [9.17, 15) is 4.79 Å². The van der Waals surface area contributed by atoms with Crippen molar-refractivity contribution in [1.82, 2.24) is 4.90 Å². The molecule has 0 aromatic heterocycles. The number of piperidine rings is 1. The van der Waals surface area contributed by atoms with E-state index < -0.39 is 0 Å². The molecule has 2 atom stereocenters. The third kappa shape index (κ3) is 3.26. The highest BCUT2D eigenvalue weighted by atomic mass is 16.2. The number of nitrogens with one attached hydrogen (secondary N) is 1. The molecule has 4 heteroatoms. The summed E-state index contributed by atoms with van der Waals surface area (Å²) >= 11 is 0. The Bertz CT molecular complexity index is 420. The third-order valence-corrected chi connectivity index (χ3v) is 3.87. The lowest BCUT2D eigenvalue weighted by Crippen LogP contribution is -2.49. The third-order valence-electron chi connectivity index (χ3n) is 3.87. The molecule has 1 aliphatic heterocycles. The average Bonchev–Trinajstić information content (AvgIpc) is 2.39. The second kappa shape index (κ2) is 6.06. The number of benzene rings is 1. The van der Waals surface area contributed by atoms with Crippen LogP contribution in [-0.4, -0.2) is 23.0 Å². The van der Waals surface area contributed by atoms with Crippen LogP contribution in [0, 0.1) is 0 Å². The Morgan fingerprint density at radius 2 is 1.84 bits per heavy atom. The van der Waals surface area contributed by atoms with E-state index in [0.717, 1.165) is 24.1 Å². The number of likely N-dealkylation sites (tertiary alicyclic amines) is 1. The van der Waals surface area contributed by atoms with Crippen molar-refractivity contribution >= 4 is 11.7 Å². The molecule has 4 nitrogen and oxygen atoms in total. The van der Waals surface area contributed by atoms with Gasteiger partial charge >= 0.3 is 6.03 Å². The van der Waals surface area contributed by atoms with Crippen LogP contribution in [0.25, 0.3) is 0 Å². The van der Waals surface area contributed by atoms with Crippen LogP contribution in [0.5, 0.6) is 0 Å². The SMILES string of the molecule is CC1CCCC(C)N1C(=O)Nc1ccc(CN)cc1. The van der Waals surface area contributed by atoms with Crippen LogP contribution in [0.3, 0.4) is 0 Å². The standard InChI is InChI=1S/C15H23N3O/c1-11-4-3-5-12(2)18(11)15(19)17-14-8-6-13(10-16)7-9-14/h6-9,11-12H,3-5,10,16H2,1-2H3,(H,17,19). The molecule has 19 heavy (non-hydrogen) atoms. The second-order valence-electron chi connectivity index (χ2n) is 5.37. The first kappa shape index (κ1) is 13.9. The molecular weight excluding hydrogens is 238 g/mol. The van der Waals surface area contributed by atoms with Gasteiger partial charge < -0.3 is 16.0 Å². The molecule has 2 amide bonds. The Morgan fingerprint density at radius 1 is 1.26 bits per heavy atom. The Kier molecular flexibility index (Phi) is 4.43. The van der Waals surface area contributed by atoms with Crippen molar-refractivity contribution in [1.29, 1.82) is 0 Å². The molecule has 0 saturated carbocycles. The number of nitrogens with two attached hydrogens (primary N) is 1. The summed E-state index contributed by atoms with van der Waals surface area (Å²) in [7, 11) is 0. The number of anilines is 1. The summed E-state index contributed by atoms with van der Waals surface area (Å²) in [5.74, 6) is 0. The van der Waals surface area contributed by atoms with Gasteiger partial charge in [-0.3, -0.25) is 0 Å². The predicted molar refractivity (Wildman–Crippen MR) is 78.0 cm³/mol. The molecule has 104 valence electrons. The lowest BCUT2D eigenvalue weighted by molar-refractivity contribution is 0.133. The molecule has 1 saturated heterocycles. The topological polar surface area (TPSA) is 58.4 Å². The lowest BCUT2D eigenvalue weighted by Gasteiger charge is -2.38. The van der Waals surface area contributed by atoms with Crippen molar-refractivity contribution in [3.8, 4) is 0 Å². The fourth-order valence-corrected chi connectivity index (χ4v) is 2.73. The van der Waals surface area contributed by atoms with Crippen LogP contribution in [0.15, 0.2) is 24.3 Å². The van der Waals surface area contributed by atoms with E-state index >= 15 is 0 Å². The van der Waals surface area contributed by atoms with E-state index in [1.54, 1.807) is 0 Å². The highest BCUT2D eigenvalue weighted by Crippen LogP contribution is 2.23. The van der Waals surface area contributed by atoms with Gasteiger partial charge in [-0.1, -0.05) is 12.1 Å². The lowest BCUT2D eigenvalue weighted by atomic mass is 9.98. The first-order valence-electron chi connectivity index (χ1n) is 7.00. The maximum absolute atomic E-state index is 12.3. The fraction of sp³-hybridized carbons (Fsp3) is 0.533. The molecule has 1 aromatic carbocycles. The minimum atomic E-state index is 0.000184. The van der Waals surface area contributed by atoms with E-state index in [2.05, 4.69) is 19.2 Å². The molecule has 2 unspecified atom stereocenters. The van der Waals surface area contributed by atoms with Gasteiger partial charge in [0.25, 0.3) is 0 Å². The summed E-state index contributed by atoms with van der Waals surface area (Å²) < 4.78 is 0. The highest BCUT2D eigenvalue weighted by Gasteiger charge is 2.28. The number of urea groups is 1. The molecule has 1 aliphatic rings. The maximum atomic E-state index is 12.3. The first-order chi connectivity index (χ1) is 9.11. The normalized spacial score (nSPS) is 23.2. The van der Waals surface area contributed by atoms with Crippen LogP contribution in [0.2, 0.25) is 0 Å². The van der Waals surface area contributed by atoms with Crippen LogP contribution < -0.4 is 11.1 Å². The minimum absolute atomic E-state index is 0.000184. The molecule has 0 bridgehead atoms. The van der Waals surface area contributed by atoms with Gasteiger partial charge in [-0.05, 0) is 50.8 Å². The summed E-state index contributed by atoms with van der Waals surface area (Å²) in [5.41, 5.74) is 7.45. The Hall–Kier alpha value is -1.55. The largest absolute Gasteiger partial charge is 0.326 e. The van der Waals surface area contributed by atoms with Gasteiger partial charge in [0.05, 0.1) is 0 Å². The molecular formula is C15H23N3O. The zero-order chi connectivity index (χ0) is 13.8. The van der Waals surface area contributed by atoms with E-state index in [4.69, 9.17) is 5.73 Å². The van der Waals surface area contributed by atoms with Crippen LogP contribution in [0.4, 0.5) is 10.5 Å². The second-order valence-corrected chi connectivity index (χ2v) is 5.37. The molecule has 1 fully saturated rings. The zero-order valence-electron chi connectivity index (χ0n) is 11.7. The fourth-order valence-electron chi connectivity index (χ4n) is 2.73. The Morgan fingerprint density at radius 3 is 2.37 bits per heavy atom. The number of amides is 2. The van der Waals surface area contributed by atoms with Crippen molar-refractivity contribution < 1.29 is 4.79 Å². The molecule has 1 aromatic rings. The van der Waals surface area contributed by atoms with Gasteiger partial charge in [0.2, 0.25) is 0 Å². The van der Waals surface area contributed by atoms with Gasteiger partial charge in [-0.15, -0.1) is 0 Å². The van der Waals surface area contributed by atoms with Gasteiger partial charge in [-0.2, -0.15) is 0 Å². The van der Waals surface area contributed by atoms with Gasteiger partial charge in [0.1, 0.15) is 0 Å². The molecule has 0 spiro atoms. The number of hydrogen-bond donors (Lipinski definition) is 2. The van der Waals surface area contributed by atoms with Gasteiger partial charge in [-0.25, -0.2) is 4.79 Å². The smallest absolute Gasteiger partial charge is 0.322 e. The van der Waals surface area contributed by atoms with Crippen molar-refractivity contribution in [2.24, 2.45) is 5.73 Å². The molecule has 3 N–H and O–H groups in total. The van der Waals surface area contributed by atoms with E-state index in [1.807, 2.05) is 29.2 Å². The van der Waals surface area contributed by atoms with Crippen LogP contribution in [0.1, 0.15) is 38.7 Å². The van der Waals surface area contributed by atoms with Crippen LogP contribution in [-0.2, 0) is 6.54 Å². The summed E-state index contributed by atoms with van der Waals surface area (Å²) in [6.07, 6.45) is 3.38. The molecule has 2 rings (SSSR count). The molecule has 0 aliphatic carbocycles. The summed E-state index contributed by atoms with van der Waals surface area (Å²) in [4.78, 5) is 14.3. The number of rotatable bonds is 2. The monoisotopic (exact) mass is 261 g/mol. The minimum Gasteiger partial charge on any atom is -0.326 e. The van der Waals surface area contributed by atoms with E-state index in [0.29, 0.717) is 18.6 Å². The predicted octanol–water partition coefficient (Wildman–Crippen LogP) is 2.94. The van der Waals surface area contributed by atoms with E-state index in [1.165, 1.54) is 6.42 Å². The van der Waals surface area contributed by atoms with Crippen LogP contribution >= 0.6 is 0 Å². The summed E-state index contributed by atoms with van der Waals surface area (Å²) in [6, 6.07) is 8.31. The van der Waals surface area contributed by atoms with E-state index in [-0.39, 0.29) is 6.03 Å². The maximum Gasteiger partial charge on any atom is 0.322 e. The van der Waals surface area contributed by atoms with Gasteiger partial charge in [0.15, 0.2) is 0 Å². The summed E-state index contributed by atoms with van der Waals surface area (Å²) in [6.45, 7) is 4.76. The number of carbonyl (C=O) groups excluding carboxylic acids is 1. The molecule has 0 radical (unpaired) electrons. The van der Waals surface area contributed by atoms with Crippen molar-refractivity contribution in [3.05, 3.63) is 29.8 Å². The average molecular weight is 261 g/mol. The Labute approximate surface area is 115 Å². The van der Waals surface area contributed by atoms with Crippen molar-refractivity contribution in [3.63, 3.8) is 0 Å². The van der Waals surface area contributed by atoms with Crippen molar-refractivity contribution in [2.45, 2.75) is 51.7 Å². The number of hydrogen-bond acceptors (Lipinski definition) is 2. The highest BCUT2D eigenvalue weighted by molar-refractivity contribution is 5.89. The number of nitrogens with zero attached hydrogens (tertiary/aromatic N) is 1. The number of carbonyl (C=O) groups is 1. The molecule has 1 heterocycles. The van der Waals surface area contributed by atoms with Crippen molar-refractivity contribution in [2.75, 3.05) is 5.32 Å².